The highest BCUT2D eigenvalue weighted by molar-refractivity contribution is 9.10. The number of ether oxygens (including phenoxy) is 1. The summed E-state index contributed by atoms with van der Waals surface area (Å²) in [6.07, 6.45) is 0. The number of halogens is 3. The second-order valence-corrected chi connectivity index (χ2v) is 5.25. The van der Waals surface area contributed by atoms with Crippen LogP contribution in [0.3, 0.4) is 0 Å². The van der Waals surface area contributed by atoms with E-state index in [1.54, 1.807) is 18.2 Å². The molecule has 0 heterocycles. The molecule has 3 nitrogen and oxygen atoms in total. The fraction of sp³-hybridized carbons (Fsp3) is 0.0714. The second kappa shape index (κ2) is 6.24. The van der Waals surface area contributed by atoms with Gasteiger partial charge in [-0.15, -0.1) is 0 Å². The Kier molecular flexibility index (Phi) is 4.62. The van der Waals surface area contributed by atoms with Gasteiger partial charge in [-0.25, -0.2) is 4.39 Å². The average Bonchev–Trinajstić information content (AvgIpc) is 2.41. The van der Waals surface area contributed by atoms with E-state index in [9.17, 15) is 9.18 Å². The molecule has 0 aliphatic carbocycles. The molecule has 20 heavy (non-hydrogen) atoms. The van der Waals surface area contributed by atoms with Crippen LogP contribution >= 0.6 is 27.5 Å². The molecular weight excluding hydrogens is 349 g/mol. The highest BCUT2D eigenvalue weighted by atomic mass is 79.9. The number of anilines is 1. The van der Waals surface area contributed by atoms with Crippen molar-refractivity contribution in [3.05, 3.63) is 57.3 Å². The molecule has 0 saturated carbocycles. The number of hydrogen-bond donors (Lipinski definition) is 1. The second-order valence-electron chi connectivity index (χ2n) is 3.93. The molecule has 0 atom stereocenters. The van der Waals surface area contributed by atoms with E-state index < -0.39 is 11.7 Å². The van der Waals surface area contributed by atoms with Gasteiger partial charge >= 0.3 is 0 Å². The number of nitrogens with one attached hydrogen (secondary N) is 1. The first-order valence-corrected chi connectivity index (χ1v) is 6.78. The summed E-state index contributed by atoms with van der Waals surface area (Å²) in [7, 11) is 1.48. The molecule has 0 bridgehead atoms. The predicted molar refractivity (Wildman–Crippen MR) is 80.1 cm³/mol. The van der Waals surface area contributed by atoms with Gasteiger partial charge in [0.2, 0.25) is 0 Å². The third-order valence-electron chi connectivity index (χ3n) is 2.59. The first kappa shape index (κ1) is 14.8. The monoisotopic (exact) mass is 357 g/mol. The zero-order valence-corrected chi connectivity index (χ0v) is 12.8. The van der Waals surface area contributed by atoms with E-state index in [2.05, 4.69) is 21.2 Å². The van der Waals surface area contributed by atoms with Gasteiger partial charge in [-0.05, 0) is 36.4 Å². The lowest BCUT2D eigenvalue weighted by molar-refractivity contribution is 0.102. The van der Waals surface area contributed by atoms with Gasteiger partial charge in [-0.3, -0.25) is 4.79 Å². The Morgan fingerprint density at radius 3 is 2.65 bits per heavy atom. The van der Waals surface area contributed by atoms with Crippen molar-refractivity contribution in [1.29, 1.82) is 0 Å². The Bertz CT molecular complexity index is 664. The summed E-state index contributed by atoms with van der Waals surface area (Å²) in [5.41, 5.74) is 0.420. The lowest BCUT2D eigenvalue weighted by atomic mass is 10.2. The maximum absolute atomic E-state index is 13.6. The molecule has 104 valence electrons. The molecule has 2 rings (SSSR count). The molecule has 0 aliphatic heterocycles. The molecule has 0 saturated heterocycles. The molecule has 0 unspecified atom stereocenters. The van der Waals surface area contributed by atoms with Crippen LogP contribution in [-0.2, 0) is 0 Å². The minimum Gasteiger partial charge on any atom is -0.495 e. The molecular formula is C14H10BrClFNO2. The van der Waals surface area contributed by atoms with Crippen LogP contribution in [0.25, 0.3) is 0 Å². The number of carbonyl (C=O) groups excluding carboxylic acids is 1. The highest BCUT2D eigenvalue weighted by Gasteiger charge is 2.11. The Hall–Kier alpha value is -1.59. The van der Waals surface area contributed by atoms with Crippen LogP contribution in [0.5, 0.6) is 5.75 Å². The lowest BCUT2D eigenvalue weighted by Gasteiger charge is -2.08. The maximum Gasteiger partial charge on any atom is 0.255 e. The van der Waals surface area contributed by atoms with E-state index in [0.717, 1.165) is 0 Å². The molecule has 1 amide bonds. The van der Waals surface area contributed by atoms with Gasteiger partial charge in [0.05, 0.1) is 17.8 Å². The van der Waals surface area contributed by atoms with Crippen LogP contribution in [0.1, 0.15) is 10.4 Å². The SMILES string of the molecule is COc1ccc(C(=O)Nc2ccc(Br)cc2F)cc1Cl. The van der Waals surface area contributed by atoms with Crippen LogP contribution in [0.4, 0.5) is 10.1 Å². The molecule has 0 aromatic heterocycles. The molecule has 2 aromatic carbocycles. The molecule has 0 aliphatic rings. The molecule has 0 fully saturated rings. The minimum absolute atomic E-state index is 0.102. The molecule has 0 spiro atoms. The molecule has 1 N–H and O–H groups in total. The number of hydrogen-bond acceptors (Lipinski definition) is 2. The maximum atomic E-state index is 13.6. The van der Waals surface area contributed by atoms with Crippen molar-refractivity contribution in [3.63, 3.8) is 0 Å². The first-order valence-electron chi connectivity index (χ1n) is 5.61. The Morgan fingerprint density at radius 2 is 2.05 bits per heavy atom. The molecule has 0 radical (unpaired) electrons. The summed E-state index contributed by atoms with van der Waals surface area (Å²) in [6, 6.07) is 8.98. The van der Waals surface area contributed by atoms with E-state index in [4.69, 9.17) is 16.3 Å². The Morgan fingerprint density at radius 1 is 1.30 bits per heavy atom. The van der Waals surface area contributed by atoms with E-state index in [0.29, 0.717) is 20.8 Å². The summed E-state index contributed by atoms with van der Waals surface area (Å²) >= 11 is 9.09. The summed E-state index contributed by atoms with van der Waals surface area (Å²) in [6.45, 7) is 0. The van der Waals surface area contributed by atoms with Crippen LogP contribution < -0.4 is 10.1 Å². The first-order chi connectivity index (χ1) is 9.51. The van der Waals surface area contributed by atoms with Gasteiger partial charge in [0, 0.05) is 10.0 Å². The van der Waals surface area contributed by atoms with Crippen molar-refractivity contribution in [1.82, 2.24) is 0 Å². The van der Waals surface area contributed by atoms with Gasteiger partial charge in [-0.2, -0.15) is 0 Å². The zero-order chi connectivity index (χ0) is 14.7. The minimum atomic E-state index is -0.521. The summed E-state index contributed by atoms with van der Waals surface area (Å²) in [4.78, 5) is 12.0. The quantitative estimate of drug-likeness (QED) is 0.877. The van der Waals surface area contributed by atoms with Crippen molar-refractivity contribution in [2.75, 3.05) is 12.4 Å². The van der Waals surface area contributed by atoms with Crippen LogP contribution in [0, 0.1) is 5.82 Å². The van der Waals surface area contributed by atoms with Crippen LogP contribution in [0.15, 0.2) is 40.9 Å². The third-order valence-corrected chi connectivity index (χ3v) is 3.38. The fourth-order valence-electron chi connectivity index (χ4n) is 1.59. The predicted octanol–water partition coefficient (Wildman–Crippen LogP) is 4.50. The standard InChI is InChI=1S/C14H10BrClFNO2/c1-20-13-5-2-8(6-10(13)16)14(19)18-12-4-3-9(15)7-11(12)17/h2-7H,1H3,(H,18,19). The molecule has 2 aromatic rings. The average molecular weight is 359 g/mol. The van der Waals surface area contributed by atoms with Gasteiger partial charge in [-0.1, -0.05) is 27.5 Å². The Balaban J connectivity index is 2.21. The molecule has 6 heteroatoms. The number of carbonyl (C=O) groups is 1. The van der Waals surface area contributed by atoms with E-state index >= 15 is 0 Å². The van der Waals surface area contributed by atoms with E-state index in [-0.39, 0.29) is 5.69 Å². The van der Waals surface area contributed by atoms with Crippen LogP contribution in [0.2, 0.25) is 5.02 Å². The topological polar surface area (TPSA) is 38.3 Å². The number of amides is 1. The smallest absolute Gasteiger partial charge is 0.255 e. The van der Waals surface area contributed by atoms with Gasteiger partial charge < -0.3 is 10.1 Å². The van der Waals surface area contributed by atoms with Gasteiger partial charge in [0.15, 0.2) is 0 Å². The number of methoxy groups -OCH3 is 1. The highest BCUT2D eigenvalue weighted by Crippen LogP contribution is 2.26. The van der Waals surface area contributed by atoms with Crippen LogP contribution in [-0.4, -0.2) is 13.0 Å². The summed E-state index contributed by atoms with van der Waals surface area (Å²) < 4.78 is 19.2. The van der Waals surface area contributed by atoms with Crippen molar-refractivity contribution < 1.29 is 13.9 Å². The van der Waals surface area contributed by atoms with Gasteiger partial charge in [0.1, 0.15) is 11.6 Å². The van der Waals surface area contributed by atoms with Crippen molar-refractivity contribution in [2.45, 2.75) is 0 Å². The summed E-state index contributed by atoms with van der Waals surface area (Å²) in [5.74, 6) is -0.499. The number of benzene rings is 2. The lowest BCUT2D eigenvalue weighted by Crippen LogP contribution is -2.13. The van der Waals surface area contributed by atoms with Crippen molar-refractivity contribution in [2.24, 2.45) is 0 Å². The summed E-state index contributed by atoms with van der Waals surface area (Å²) in [5, 5.41) is 2.80. The van der Waals surface area contributed by atoms with Crippen molar-refractivity contribution in [3.8, 4) is 5.75 Å². The Labute approximate surface area is 128 Å². The van der Waals surface area contributed by atoms with Crippen molar-refractivity contribution >= 4 is 39.1 Å². The zero-order valence-electron chi connectivity index (χ0n) is 10.4. The fourth-order valence-corrected chi connectivity index (χ4v) is 2.18. The van der Waals surface area contributed by atoms with E-state index in [1.165, 1.54) is 25.3 Å². The largest absolute Gasteiger partial charge is 0.495 e. The third kappa shape index (κ3) is 3.29. The van der Waals surface area contributed by atoms with E-state index in [1.807, 2.05) is 0 Å². The number of rotatable bonds is 3. The normalized spacial score (nSPS) is 10.2. The van der Waals surface area contributed by atoms with Gasteiger partial charge in [0.25, 0.3) is 5.91 Å².